The van der Waals surface area contributed by atoms with Gasteiger partial charge < -0.3 is 24.3 Å². The summed E-state index contributed by atoms with van der Waals surface area (Å²) >= 11 is 6.42. The summed E-state index contributed by atoms with van der Waals surface area (Å²) in [5, 5.41) is 3.78. The van der Waals surface area contributed by atoms with Crippen LogP contribution >= 0.6 is 11.6 Å². The first-order valence-corrected chi connectivity index (χ1v) is 9.83. The highest BCUT2D eigenvalue weighted by molar-refractivity contribution is 6.32. The Morgan fingerprint density at radius 3 is 2.63 bits per heavy atom. The molecule has 0 bridgehead atoms. The summed E-state index contributed by atoms with van der Waals surface area (Å²) in [5.74, 6) is 2.09. The molecule has 0 aromatic heterocycles. The zero-order valence-electron chi connectivity index (χ0n) is 16.4. The van der Waals surface area contributed by atoms with Crippen molar-refractivity contribution in [2.24, 2.45) is 0 Å². The average Bonchev–Trinajstić information content (AvgIpc) is 3.21. The number of methoxy groups -OCH3 is 1. The van der Waals surface area contributed by atoms with Gasteiger partial charge in [-0.15, -0.1) is 0 Å². The number of rotatable bonds is 8. The molecule has 1 aliphatic heterocycles. The first-order chi connectivity index (χ1) is 14.6. The molecule has 5 nitrogen and oxygen atoms in total. The van der Waals surface area contributed by atoms with Crippen molar-refractivity contribution in [2.45, 2.75) is 19.7 Å². The van der Waals surface area contributed by atoms with Crippen molar-refractivity contribution in [1.82, 2.24) is 5.32 Å². The maximum atomic E-state index is 13.8. The molecular formula is C23H21ClFNO4. The number of hydrogen-bond donors (Lipinski definition) is 1. The molecule has 7 heteroatoms. The quantitative estimate of drug-likeness (QED) is 0.540. The molecule has 0 unspecified atom stereocenters. The van der Waals surface area contributed by atoms with Gasteiger partial charge in [0.2, 0.25) is 6.79 Å². The van der Waals surface area contributed by atoms with Gasteiger partial charge in [0.05, 0.1) is 12.1 Å². The Labute approximate surface area is 179 Å². The van der Waals surface area contributed by atoms with Crippen LogP contribution in [0.15, 0.2) is 54.6 Å². The summed E-state index contributed by atoms with van der Waals surface area (Å²) in [5.41, 5.74) is 2.48. The van der Waals surface area contributed by atoms with Crippen LogP contribution in [0.2, 0.25) is 5.02 Å². The van der Waals surface area contributed by atoms with Crippen LogP contribution in [0.4, 0.5) is 4.39 Å². The first-order valence-electron chi connectivity index (χ1n) is 9.46. The SMILES string of the molecule is COc1cc(CNCc2ccc3c(c2)OCO3)cc(Cl)c1OCc1ccccc1F. The second-order valence-electron chi connectivity index (χ2n) is 6.78. The van der Waals surface area contributed by atoms with Gasteiger partial charge in [0.15, 0.2) is 23.0 Å². The number of halogens is 2. The third-order valence-electron chi connectivity index (χ3n) is 4.71. The fourth-order valence-corrected chi connectivity index (χ4v) is 3.47. The molecule has 1 heterocycles. The van der Waals surface area contributed by atoms with Crippen molar-refractivity contribution in [2.75, 3.05) is 13.9 Å². The minimum Gasteiger partial charge on any atom is -0.493 e. The lowest BCUT2D eigenvalue weighted by molar-refractivity contribution is 0.174. The van der Waals surface area contributed by atoms with E-state index in [1.807, 2.05) is 30.3 Å². The van der Waals surface area contributed by atoms with Crippen molar-refractivity contribution >= 4 is 11.6 Å². The van der Waals surface area contributed by atoms with Gasteiger partial charge in [-0.25, -0.2) is 4.39 Å². The van der Waals surface area contributed by atoms with Gasteiger partial charge in [-0.05, 0) is 41.5 Å². The molecule has 0 saturated heterocycles. The molecule has 0 amide bonds. The Hall–Kier alpha value is -2.96. The summed E-state index contributed by atoms with van der Waals surface area (Å²) in [6.45, 7) is 1.56. The number of hydrogen-bond acceptors (Lipinski definition) is 5. The normalized spacial score (nSPS) is 12.1. The van der Waals surface area contributed by atoms with Gasteiger partial charge in [0, 0.05) is 18.7 Å². The van der Waals surface area contributed by atoms with Crippen molar-refractivity contribution in [1.29, 1.82) is 0 Å². The second-order valence-corrected chi connectivity index (χ2v) is 7.19. The van der Waals surface area contributed by atoms with Crippen LogP contribution in [0.3, 0.4) is 0 Å². The molecule has 4 rings (SSSR count). The second kappa shape index (κ2) is 9.24. The number of nitrogens with one attached hydrogen (secondary N) is 1. The van der Waals surface area contributed by atoms with Crippen LogP contribution in [0, 0.1) is 5.82 Å². The van der Waals surface area contributed by atoms with E-state index in [0.717, 1.165) is 22.6 Å². The molecule has 3 aromatic rings. The van der Waals surface area contributed by atoms with Crippen molar-refractivity contribution in [3.63, 3.8) is 0 Å². The molecular weight excluding hydrogens is 409 g/mol. The van der Waals surface area contributed by atoms with Gasteiger partial charge in [0.1, 0.15) is 12.4 Å². The largest absolute Gasteiger partial charge is 0.493 e. The fraction of sp³-hybridized carbons (Fsp3) is 0.217. The van der Waals surface area contributed by atoms with Gasteiger partial charge in [0.25, 0.3) is 0 Å². The van der Waals surface area contributed by atoms with E-state index in [-0.39, 0.29) is 19.2 Å². The molecule has 0 spiro atoms. The van der Waals surface area contributed by atoms with Gasteiger partial charge in [-0.3, -0.25) is 0 Å². The van der Waals surface area contributed by atoms with Gasteiger partial charge in [-0.1, -0.05) is 35.9 Å². The highest BCUT2D eigenvalue weighted by atomic mass is 35.5. The van der Waals surface area contributed by atoms with Crippen LogP contribution in [-0.4, -0.2) is 13.9 Å². The molecule has 0 fully saturated rings. The summed E-state index contributed by atoms with van der Waals surface area (Å²) in [6, 6.07) is 16.0. The number of fused-ring (bicyclic) bond motifs is 1. The lowest BCUT2D eigenvalue weighted by Crippen LogP contribution is -2.13. The summed E-state index contributed by atoms with van der Waals surface area (Å²) < 4.78 is 35.7. The maximum absolute atomic E-state index is 13.8. The lowest BCUT2D eigenvalue weighted by atomic mass is 10.1. The van der Waals surface area contributed by atoms with E-state index in [9.17, 15) is 4.39 Å². The molecule has 30 heavy (non-hydrogen) atoms. The maximum Gasteiger partial charge on any atom is 0.231 e. The van der Waals surface area contributed by atoms with Crippen molar-refractivity contribution in [3.8, 4) is 23.0 Å². The highest BCUT2D eigenvalue weighted by Gasteiger charge is 2.15. The minimum absolute atomic E-state index is 0.0600. The van der Waals surface area contributed by atoms with Gasteiger partial charge >= 0.3 is 0 Å². The fourth-order valence-electron chi connectivity index (χ4n) is 3.18. The van der Waals surface area contributed by atoms with E-state index in [4.69, 9.17) is 30.5 Å². The molecule has 0 saturated carbocycles. The molecule has 1 aliphatic rings. The topological polar surface area (TPSA) is 49.0 Å². The Balaban J connectivity index is 1.39. The average molecular weight is 430 g/mol. The van der Waals surface area contributed by atoms with Crippen molar-refractivity contribution in [3.05, 3.63) is 82.1 Å². The molecule has 0 radical (unpaired) electrons. The Bertz CT molecular complexity index is 1040. The summed E-state index contributed by atoms with van der Waals surface area (Å²) in [7, 11) is 1.55. The van der Waals surface area contributed by atoms with E-state index >= 15 is 0 Å². The summed E-state index contributed by atoms with van der Waals surface area (Å²) in [4.78, 5) is 0. The summed E-state index contributed by atoms with van der Waals surface area (Å²) in [6.07, 6.45) is 0. The van der Waals surface area contributed by atoms with E-state index in [1.54, 1.807) is 25.3 Å². The van der Waals surface area contributed by atoms with Crippen LogP contribution in [0.25, 0.3) is 0 Å². The Morgan fingerprint density at radius 1 is 1.00 bits per heavy atom. The third kappa shape index (κ3) is 4.61. The molecule has 156 valence electrons. The lowest BCUT2D eigenvalue weighted by Gasteiger charge is -2.15. The number of ether oxygens (including phenoxy) is 4. The monoisotopic (exact) mass is 429 g/mol. The van der Waals surface area contributed by atoms with Gasteiger partial charge in [-0.2, -0.15) is 0 Å². The van der Waals surface area contributed by atoms with E-state index in [1.165, 1.54) is 6.07 Å². The zero-order chi connectivity index (χ0) is 20.9. The molecule has 1 N–H and O–H groups in total. The standard InChI is InChI=1S/C23H21ClFNO4/c1-27-22-10-16(12-26-11-15-6-7-20-21(9-15)30-14-29-20)8-18(24)23(22)28-13-17-4-2-3-5-19(17)25/h2-10,26H,11-14H2,1H3. The Kier molecular flexibility index (Phi) is 6.26. The predicted octanol–water partition coefficient (Wildman–Crippen LogP) is 5.09. The smallest absolute Gasteiger partial charge is 0.231 e. The van der Waals surface area contributed by atoms with Crippen LogP contribution in [0.1, 0.15) is 16.7 Å². The highest BCUT2D eigenvalue weighted by Crippen LogP contribution is 2.37. The molecule has 3 aromatic carbocycles. The van der Waals surface area contributed by atoms with Crippen LogP contribution in [-0.2, 0) is 19.7 Å². The van der Waals surface area contributed by atoms with E-state index in [0.29, 0.717) is 35.2 Å². The van der Waals surface area contributed by atoms with Crippen molar-refractivity contribution < 1.29 is 23.3 Å². The Morgan fingerprint density at radius 2 is 1.80 bits per heavy atom. The third-order valence-corrected chi connectivity index (χ3v) is 5.00. The van der Waals surface area contributed by atoms with E-state index in [2.05, 4.69) is 5.32 Å². The zero-order valence-corrected chi connectivity index (χ0v) is 17.2. The molecule has 0 atom stereocenters. The van der Waals surface area contributed by atoms with Crippen LogP contribution in [0.5, 0.6) is 23.0 Å². The predicted molar refractivity (Wildman–Crippen MR) is 112 cm³/mol. The van der Waals surface area contributed by atoms with E-state index < -0.39 is 0 Å². The van der Waals surface area contributed by atoms with Crippen LogP contribution < -0.4 is 24.3 Å². The first kappa shape index (κ1) is 20.3. The minimum atomic E-state index is -0.322. The molecule has 0 aliphatic carbocycles. The number of benzene rings is 3.